The smallest absolute Gasteiger partial charge is 0.263 e. The molecule has 0 fully saturated rings. The number of benzene rings is 4. The van der Waals surface area contributed by atoms with Crippen molar-refractivity contribution in [2.45, 2.75) is 51.0 Å². The molecule has 0 N–H and O–H groups in total. The summed E-state index contributed by atoms with van der Waals surface area (Å²) in [6.07, 6.45) is 8.71. The Labute approximate surface area is 366 Å². The normalized spacial score (nSPS) is 17.1. The molecule has 14 heteroatoms. The molecule has 4 heterocycles. The van der Waals surface area contributed by atoms with Gasteiger partial charge in [0.15, 0.2) is 6.54 Å². The zero-order valence-corrected chi connectivity index (χ0v) is 37.8. The summed E-state index contributed by atoms with van der Waals surface area (Å²) in [5.41, 5.74) is 8.65. The first kappa shape index (κ1) is 41.2. The van der Waals surface area contributed by atoms with Gasteiger partial charge in [-0.1, -0.05) is 91.6 Å². The van der Waals surface area contributed by atoms with Crippen molar-refractivity contribution < 1.29 is 30.5 Å². The van der Waals surface area contributed by atoms with E-state index in [9.17, 15) is 25.9 Å². The minimum Gasteiger partial charge on any atom is -0.748 e. The average molecular weight is 910 g/mol. The van der Waals surface area contributed by atoms with Crippen LogP contribution in [0, 0.1) is 5.41 Å². The Morgan fingerprint density at radius 3 is 2.07 bits per heavy atom. The van der Waals surface area contributed by atoms with E-state index in [-0.39, 0.29) is 18.3 Å². The molecule has 0 saturated carbocycles. The van der Waals surface area contributed by atoms with Crippen molar-refractivity contribution >= 4 is 108 Å². The largest absolute Gasteiger partial charge is 0.748 e. The topological polar surface area (TPSA) is 122 Å². The van der Waals surface area contributed by atoms with E-state index in [4.69, 9.17) is 0 Å². The van der Waals surface area contributed by atoms with Gasteiger partial charge in [0.25, 0.3) is 5.01 Å². The zero-order valence-electron chi connectivity index (χ0n) is 32.9. The number of thiazole rings is 1. The van der Waals surface area contributed by atoms with Gasteiger partial charge in [-0.15, -0.1) is 22.7 Å². The van der Waals surface area contributed by atoms with Crippen LogP contribution >= 0.6 is 45.8 Å². The van der Waals surface area contributed by atoms with Crippen LogP contribution in [0.5, 0.6) is 0 Å². The molecule has 4 aromatic carbocycles. The second-order valence-electron chi connectivity index (χ2n) is 16.2. The SMILES string of the molecule is CC1(C)CC(/C=C2\Sc3ccc(-c4csc5ccccc45)cc3N2CCCS(=O)(=O)[O-])=CC(=C/c2sc3ccc(-c4csc5ccccc45)cc3[n+]2CCCS(=O)(=O)[O-])/C1. The number of thiophene rings is 2. The molecule has 1 aliphatic carbocycles. The molecule has 308 valence electrons. The highest BCUT2D eigenvalue weighted by Crippen LogP contribution is 2.50. The van der Waals surface area contributed by atoms with Gasteiger partial charge in [-0.25, -0.2) is 16.8 Å². The molecular weight excluding hydrogens is 869 g/mol. The fourth-order valence-corrected chi connectivity index (χ4v) is 13.6. The van der Waals surface area contributed by atoms with Crippen molar-refractivity contribution in [3.63, 3.8) is 0 Å². The van der Waals surface area contributed by atoms with E-state index in [2.05, 4.69) is 113 Å². The highest BCUT2D eigenvalue weighted by atomic mass is 32.2. The molecule has 0 bridgehead atoms. The van der Waals surface area contributed by atoms with Gasteiger partial charge in [0.2, 0.25) is 5.52 Å². The lowest BCUT2D eigenvalue weighted by atomic mass is 9.75. The number of aromatic nitrogens is 1. The van der Waals surface area contributed by atoms with Crippen molar-refractivity contribution in [3.05, 3.63) is 129 Å². The minimum absolute atomic E-state index is 0.0803. The molecule has 0 spiro atoms. The molecule has 2 aliphatic rings. The summed E-state index contributed by atoms with van der Waals surface area (Å²) in [6, 6.07) is 29.6. The molecule has 3 aromatic heterocycles. The number of nitrogens with zero attached hydrogens (tertiary/aromatic N) is 2. The first-order valence-corrected chi connectivity index (χ1v) is 26.2. The van der Waals surface area contributed by atoms with Crippen molar-refractivity contribution in [1.29, 1.82) is 0 Å². The van der Waals surface area contributed by atoms with Crippen LogP contribution in [-0.2, 0) is 26.8 Å². The third-order valence-corrected chi connectivity index (χ3v) is 16.7. The van der Waals surface area contributed by atoms with Gasteiger partial charge >= 0.3 is 0 Å². The number of thioether (sulfide) groups is 1. The van der Waals surface area contributed by atoms with E-state index < -0.39 is 31.7 Å². The number of hydrogen-bond donors (Lipinski definition) is 0. The van der Waals surface area contributed by atoms with Gasteiger partial charge in [-0.3, -0.25) is 0 Å². The van der Waals surface area contributed by atoms with E-state index in [0.717, 1.165) is 77.1 Å². The monoisotopic (exact) mass is 909 g/mol. The van der Waals surface area contributed by atoms with Gasteiger partial charge in [0.05, 0.1) is 31.0 Å². The summed E-state index contributed by atoms with van der Waals surface area (Å²) in [4.78, 5) is 3.23. The maximum atomic E-state index is 11.7. The number of allylic oxidation sites excluding steroid dienone is 4. The molecule has 8 nitrogen and oxygen atoms in total. The highest BCUT2D eigenvalue weighted by molar-refractivity contribution is 8.03. The predicted octanol–water partition coefficient (Wildman–Crippen LogP) is 11.4. The van der Waals surface area contributed by atoms with E-state index in [1.807, 2.05) is 24.3 Å². The van der Waals surface area contributed by atoms with Crippen LogP contribution in [0.3, 0.4) is 0 Å². The predicted molar refractivity (Wildman–Crippen MR) is 249 cm³/mol. The standard InChI is InChI=1S/C46H42N2O6S6/c1-46(2)26-30(22-44-47(17-7-19-59(49,50)51)38-24-32(13-15-42(38)57-44)36-28-55-40-11-5-3-9-34(36)40)21-31(27-46)23-45-48(18-8-20-60(52,53)54)39-25-33(14-16-43(39)58-45)37-29-56-41-12-6-4-10-35(37)41/h3-6,9-16,21-25,28-29H,7-8,17-20,26-27H2,1-2H3,(H-,49,50,51,52,53,54)/p-1. The van der Waals surface area contributed by atoms with Crippen LogP contribution in [0.4, 0.5) is 5.69 Å². The summed E-state index contributed by atoms with van der Waals surface area (Å²) < 4.78 is 75.8. The van der Waals surface area contributed by atoms with Crippen molar-refractivity contribution in [1.82, 2.24) is 0 Å². The quantitative estimate of drug-likeness (QED) is 0.0877. The van der Waals surface area contributed by atoms with E-state index in [0.29, 0.717) is 13.1 Å². The third kappa shape index (κ3) is 8.93. The van der Waals surface area contributed by atoms with Gasteiger partial charge in [-0.05, 0) is 94.1 Å². The van der Waals surface area contributed by atoms with Crippen LogP contribution in [0.2, 0.25) is 0 Å². The molecular formula is C46H41N2O6S6-. The van der Waals surface area contributed by atoms with Crippen molar-refractivity contribution in [3.8, 4) is 22.3 Å². The molecule has 7 aromatic rings. The Morgan fingerprint density at radius 2 is 1.38 bits per heavy atom. The summed E-state index contributed by atoms with van der Waals surface area (Å²) >= 11 is 6.73. The minimum atomic E-state index is -4.37. The molecule has 0 radical (unpaired) electrons. The number of aryl methyl sites for hydroxylation is 1. The first-order chi connectivity index (χ1) is 28.7. The summed E-state index contributed by atoms with van der Waals surface area (Å²) in [5, 5.41) is 8.70. The molecule has 0 amide bonds. The van der Waals surface area contributed by atoms with Gasteiger partial charge < -0.3 is 14.0 Å². The number of hydrogen-bond acceptors (Lipinski definition) is 11. The van der Waals surface area contributed by atoms with E-state index >= 15 is 0 Å². The second kappa shape index (κ2) is 16.3. The zero-order chi connectivity index (χ0) is 41.8. The molecule has 0 unspecified atom stereocenters. The fraction of sp³-hybridized carbons (Fsp3) is 0.239. The first-order valence-electron chi connectivity index (χ1n) is 19.7. The lowest BCUT2D eigenvalue weighted by Gasteiger charge is -2.31. The molecule has 1 aliphatic heterocycles. The maximum absolute atomic E-state index is 11.7. The highest BCUT2D eigenvalue weighted by Gasteiger charge is 2.30. The molecule has 0 atom stereocenters. The number of anilines is 1. The molecule has 60 heavy (non-hydrogen) atoms. The van der Waals surface area contributed by atoms with E-state index in [1.165, 1.54) is 20.2 Å². The second-order valence-corrected chi connectivity index (χ2v) is 23.2. The average Bonchev–Trinajstić information content (AvgIpc) is 3.96. The van der Waals surface area contributed by atoms with Gasteiger partial charge in [0, 0.05) is 72.8 Å². The Kier molecular flexibility index (Phi) is 11.2. The summed E-state index contributed by atoms with van der Waals surface area (Å²) in [7, 11) is -8.75. The maximum Gasteiger partial charge on any atom is 0.263 e. The van der Waals surface area contributed by atoms with Gasteiger partial charge in [-0.2, -0.15) is 4.57 Å². The fourth-order valence-electron chi connectivity index (χ4n) is 8.43. The Morgan fingerprint density at radius 1 is 0.750 bits per heavy atom. The van der Waals surface area contributed by atoms with Crippen molar-refractivity contribution in [2.24, 2.45) is 5.41 Å². The Balaban J connectivity index is 1.09. The summed E-state index contributed by atoms with van der Waals surface area (Å²) in [6.45, 7) is 5.27. The van der Waals surface area contributed by atoms with Crippen LogP contribution in [0.1, 0.15) is 44.5 Å². The summed E-state index contributed by atoms with van der Waals surface area (Å²) in [5.74, 6) is -0.870. The van der Waals surface area contributed by atoms with Crippen LogP contribution in [-0.4, -0.2) is 44.0 Å². The lowest BCUT2D eigenvalue weighted by molar-refractivity contribution is -0.668. The van der Waals surface area contributed by atoms with Crippen LogP contribution in [0.25, 0.3) is 58.7 Å². The number of rotatable bonds is 12. The Hall–Kier alpha value is -4.12. The molecule has 9 rings (SSSR count). The van der Waals surface area contributed by atoms with E-state index in [1.54, 1.807) is 45.8 Å². The lowest BCUT2D eigenvalue weighted by Crippen LogP contribution is -2.36. The third-order valence-electron chi connectivity index (χ3n) is 11.0. The Bertz CT molecular complexity index is 3130. The molecule has 0 saturated heterocycles. The number of fused-ring (bicyclic) bond motifs is 4. The van der Waals surface area contributed by atoms with Gasteiger partial charge in [0.1, 0.15) is 4.70 Å². The van der Waals surface area contributed by atoms with Crippen molar-refractivity contribution in [2.75, 3.05) is 23.0 Å². The van der Waals surface area contributed by atoms with Crippen LogP contribution < -0.4 is 9.47 Å². The van der Waals surface area contributed by atoms with Crippen LogP contribution in [0.15, 0.2) is 129 Å².